The second kappa shape index (κ2) is 8.29. The molecule has 6 nitrogen and oxygen atoms in total. The van der Waals surface area contributed by atoms with Gasteiger partial charge in [0.25, 0.3) is 5.91 Å². The molecule has 138 valence electrons. The van der Waals surface area contributed by atoms with Crippen LogP contribution < -0.4 is 10.2 Å². The molecule has 26 heavy (non-hydrogen) atoms. The zero-order valence-corrected chi connectivity index (χ0v) is 15.3. The highest BCUT2D eigenvalue weighted by molar-refractivity contribution is 5.94. The third kappa shape index (κ3) is 4.20. The molecule has 1 aromatic carbocycles. The second-order valence-electron chi connectivity index (χ2n) is 6.52. The van der Waals surface area contributed by atoms with Gasteiger partial charge in [0.2, 0.25) is 0 Å². The summed E-state index contributed by atoms with van der Waals surface area (Å²) in [5.74, 6) is 0.709. The SMILES string of the molecule is COCCNC(=O)c1ccc(N2CCOC(C)(c3ccccc3)C2)nc1. The summed E-state index contributed by atoms with van der Waals surface area (Å²) in [7, 11) is 1.61. The lowest BCUT2D eigenvalue weighted by atomic mass is 9.94. The van der Waals surface area contributed by atoms with E-state index in [0.717, 1.165) is 17.9 Å². The van der Waals surface area contributed by atoms with Gasteiger partial charge in [-0.3, -0.25) is 4.79 Å². The van der Waals surface area contributed by atoms with Gasteiger partial charge in [-0.25, -0.2) is 4.98 Å². The van der Waals surface area contributed by atoms with E-state index >= 15 is 0 Å². The summed E-state index contributed by atoms with van der Waals surface area (Å²) >= 11 is 0. The number of nitrogens with zero attached hydrogens (tertiary/aromatic N) is 2. The second-order valence-corrected chi connectivity index (χ2v) is 6.52. The molecule has 2 aromatic rings. The fourth-order valence-electron chi connectivity index (χ4n) is 3.11. The number of pyridine rings is 1. The largest absolute Gasteiger partial charge is 0.383 e. The lowest BCUT2D eigenvalue weighted by molar-refractivity contribution is -0.0468. The van der Waals surface area contributed by atoms with Crippen molar-refractivity contribution in [2.24, 2.45) is 0 Å². The number of aromatic nitrogens is 1. The minimum atomic E-state index is -0.378. The van der Waals surface area contributed by atoms with E-state index in [2.05, 4.69) is 34.3 Å². The van der Waals surface area contributed by atoms with Crippen molar-refractivity contribution >= 4 is 11.7 Å². The molecule has 1 aliphatic rings. The van der Waals surface area contributed by atoms with Crippen LogP contribution in [0.1, 0.15) is 22.8 Å². The number of hydrogen-bond donors (Lipinski definition) is 1. The predicted molar refractivity (Wildman–Crippen MR) is 100 cm³/mol. The average Bonchev–Trinajstić information content (AvgIpc) is 2.69. The molecule has 0 bridgehead atoms. The van der Waals surface area contributed by atoms with Crippen molar-refractivity contribution in [1.82, 2.24) is 10.3 Å². The Bertz CT molecular complexity index is 721. The van der Waals surface area contributed by atoms with Gasteiger partial charge < -0.3 is 19.7 Å². The normalized spacial score (nSPS) is 20.0. The molecule has 0 radical (unpaired) electrons. The minimum absolute atomic E-state index is 0.141. The number of hydrogen-bond acceptors (Lipinski definition) is 5. The van der Waals surface area contributed by atoms with Crippen LogP contribution in [0.2, 0.25) is 0 Å². The molecule has 0 spiro atoms. The lowest BCUT2D eigenvalue weighted by Gasteiger charge is -2.41. The Hall–Kier alpha value is -2.44. The molecule has 0 aliphatic carbocycles. The molecule has 1 amide bonds. The first-order valence-corrected chi connectivity index (χ1v) is 8.80. The maximum absolute atomic E-state index is 12.1. The Balaban J connectivity index is 1.68. The molecule has 1 fully saturated rings. The highest BCUT2D eigenvalue weighted by atomic mass is 16.5. The fourth-order valence-corrected chi connectivity index (χ4v) is 3.11. The van der Waals surface area contributed by atoms with Gasteiger partial charge in [-0.05, 0) is 24.6 Å². The molecule has 6 heteroatoms. The zero-order chi connectivity index (χ0) is 18.4. The summed E-state index contributed by atoms with van der Waals surface area (Å²) in [6.07, 6.45) is 1.62. The van der Waals surface area contributed by atoms with Gasteiger partial charge in [-0.1, -0.05) is 30.3 Å². The smallest absolute Gasteiger partial charge is 0.252 e. The van der Waals surface area contributed by atoms with Gasteiger partial charge in [0, 0.05) is 26.4 Å². The van der Waals surface area contributed by atoms with Crippen molar-refractivity contribution in [3.8, 4) is 0 Å². The van der Waals surface area contributed by atoms with Gasteiger partial charge in [0.05, 0.1) is 25.3 Å². The Morgan fingerprint density at radius 3 is 2.81 bits per heavy atom. The van der Waals surface area contributed by atoms with E-state index in [1.54, 1.807) is 19.4 Å². The van der Waals surface area contributed by atoms with Crippen LogP contribution in [0.3, 0.4) is 0 Å². The highest BCUT2D eigenvalue weighted by Gasteiger charge is 2.34. The van der Waals surface area contributed by atoms with Gasteiger partial charge in [-0.2, -0.15) is 0 Å². The summed E-state index contributed by atoms with van der Waals surface area (Å²) in [4.78, 5) is 18.7. The van der Waals surface area contributed by atoms with Crippen molar-refractivity contribution in [3.63, 3.8) is 0 Å². The molecule has 1 unspecified atom stereocenters. The number of nitrogens with one attached hydrogen (secondary N) is 1. The number of carbonyl (C=O) groups excluding carboxylic acids is 1. The maximum Gasteiger partial charge on any atom is 0.252 e. The molecule has 1 aliphatic heterocycles. The van der Waals surface area contributed by atoms with E-state index in [0.29, 0.717) is 31.9 Å². The van der Waals surface area contributed by atoms with Crippen LogP contribution in [0.5, 0.6) is 0 Å². The van der Waals surface area contributed by atoms with Gasteiger partial charge in [0.15, 0.2) is 0 Å². The summed E-state index contributed by atoms with van der Waals surface area (Å²) in [6, 6.07) is 13.9. The summed E-state index contributed by atoms with van der Waals surface area (Å²) in [5, 5.41) is 2.80. The summed E-state index contributed by atoms with van der Waals surface area (Å²) < 4.78 is 11.0. The first-order valence-electron chi connectivity index (χ1n) is 8.80. The van der Waals surface area contributed by atoms with E-state index in [4.69, 9.17) is 9.47 Å². The van der Waals surface area contributed by atoms with Gasteiger partial charge >= 0.3 is 0 Å². The minimum Gasteiger partial charge on any atom is -0.383 e. The molecule has 1 saturated heterocycles. The summed E-state index contributed by atoms with van der Waals surface area (Å²) in [6.45, 7) is 5.19. The molecule has 1 N–H and O–H groups in total. The Morgan fingerprint density at radius 2 is 2.12 bits per heavy atom. The number of anilines is 1. The third-order valence-electron chi connectivity index (χ3n) is 4.58. The molecule has 1 atom stereocenters. The van der Waals surface area contributed by atoms with Gasteiger partial charge in [0.1, 0.15) is 11.4 Å². The van der Waals surface area contributed by atoms with Crippen LogP contribution in [0.15, 0.2) is 48.7 Å². The Labute approximate surface area is 154 Å². The van der Waals surface area contributed by atoms with Crippen LogP contribution in [0.25, 0.3) is 0 Å². The zero-order valence-electron chi connectivity index (χ0n) is 15.3. The number of ether oxygens (including phenoxy) is 2. The predicted octanol–water partition coefficient (Wildman–Crippen LogP) is 2.21. The summed E-state index contributed by atoms with van der Waals surface area (Å²) in [5.41, 5.74) is 1.32. The van der Waals surface area contributed by atoms with E-state index in [-0.39, 0.29) is 11.5 Å². The highest BCUT2D eigenvalue weighted by Crippen LogP contribution is 2.31. The molecule has 3 rings (SSSR count). The van der Waals surface area contributed by atoms with E-state index in [9.17, 15) is 4.79 Å². The number of benzene rings is 1. The molecular formula is C20H25N3O3. The van der Waals surface area contributed by atoms with Crippen molar-refractivity contribution in [3.05, 3.63) is 59.8 Å². The Kier molecular flexibility index (Phi) is 5.85. The van der Waals surface area contributed by atoms with Crippen LogP contribution >= 0.6 is 0 Å². The quantitative estimate of drug-likeness (QED) is 0.805. The molecule has 1 aromatic heterocycles. The monoisotopic (exact) mass is 355 g/mol. The maximum atomic E-state index is 12.1. The average molecular weight is 355 g/mol. The third-order valence-corrected chi connectivity index (χ3v) is 4.58. The number of methoxy groups -OCH3 is 1. The van der Waals surface area contributed by atoms with Crippen molar-refractivity contribution in [1.29, 1.82) is 0 Å². The van der Waals surface area contributed by atoms with Crippen LogP contribution in [0.4, 0.5) is 5.82 Å². The van der Waals surface area contributed by atoms with Crippen LogP contribution in [0, 0.1) is 0 Å². The molecular weight excluding hydrogens is 330 g/mol. The Morgan fingerprint density at radius 1 is 1.31 bits per heavy atom. The van der Waals surface area contributed by atoms with Crippen LogP contribution in [-0.2, 0) is 15.1 Å². The van der Waals surface area contributed by atoms with E-state index in [1.807, 2.05) is 24.3 Å². The standard InChI is InChI=1S/C20H25N3O3/c1-20(17-6-4-3-5-7-17)15-23(11-13-26-20)18-9-8-16(14-22-18)19(24)21-10-12-25-2/h3-9,14H,10-13,15H2,1-2H3,(H,21,24). The van der Waals surface area contributed by atoms with Crippen molar-refractivity contribution in [2.75, 3.05) is 44.9 Å². The van der Waals surface area contributed by atoms with E-state index < -0.39 is 0 Å². The number of rotatable bonds is 6. The number of amides is 1. The topological polar surface area (TPSA) is 63.7 Å². The number of morpholine rings is 1. The van der Waals surface area contributed by atoms with E-state index in [1.165, 1.54) is 0 Å². The fraction of sp³-hybridized carbons (Fsp3) is 0.400. The van der Waals surface area contributed by atoms with Crippen LogP contribution in [-0.4, -0.2) is 50.8 Å². The first kappa shape index (κ1) is 18.4. The van der Waals surface area contributed by atoms with Crippen molar-refractivity contribution < 1.29 is 14.3 Å². The van der Waals surface area contributed by atoms with Gasteiger partial charge in [-0.15, -0.1) is 0 Å². The molecule has 0 saturated carbocycles. The molecule has 2 heterocycles. The lowest BCUT2D eigenvalue weighted by Crippen LogP contribution is -2.48. The number of carbonyl (C=O) groups is 1. The van der Waals surface area contributed by atoms with Crippen molar-refractivity contribution in [2.45, 2.75) is 12.5 Å². The first-order chi connectivity index (χ1) is 12.6.